The zero-order valence-corrected chi connectivity index (χ0v) is 7.96. The number of nitrogens with zero attached hydrogens (tertiary/aromatic N) is 1. The van der Waals surface area contributed by atoms with E-state index in [1.54, 1.807) is 0 Å². The zero-order chi connectivity index (χ0) is 9.38. The van der Waals surface area contributed by atoms with E-state index in [0.29, 0.717) is 6.04 Å². The largest absolute Gasteiger partial charge is 0.346 e. The molecule has 0 bridgehead atoms. The number of hydrogen-bond donors (Lipinski definition) is 2. The number of pyridine rings is 1. The van der Waals surface area contributed by atoms with E-state index in [2.05, 4.69) is 27.4 Å². The molecule has 0 saturated carbocycles. The number of aromatic amines is 1. The van der Waals surface area contributed by atoms with Gasteiger partial charge < -0.3 is 10.3 Å². The van der Waals surface area contributed by atoms with Crippen molar-refractivity contribution in [3.63, 3.8) is 0 Å². The van der Waals surface area contributed by atoms with Gasteiger partial charge in [0.05, 0.1) is 0 Å². The Morgan fingerprint density at radius 2 is 2.43 bits per heavy atom. The average Bonchev–Trinajstić information content (AvgIpc) is 2.88. The van der Waals surface area contributed by atoms with Gasteiger partial charge in [0, 0.05) is 23.8 Å². The minimum absolute atomic E-state index is 0.516. The van der Waals surface area contributed by atoms with E-state index in [4.69, 9.17) is 0 Å². The van der Waals surface area contributed by atoms with Crippen LogP contribution in [0.2, 0.25) is 0 Å². The molecule has 2 aromatic heterocycles. The first kappa shape index (κ1) is 8.00. The van der Waals surface area contributed by atoms with Crippen molar-refractivity contribution in [2.45, 2.75) is 18.9 Å². The summed E-state index contributed by atoms with van der Waals surface area (Å²) in [5.74, 6) is 0. The van der Waals surface area contributed by atoms with Gasteiger partial charge in [0.25, 0.3) is 0 Å². The maximum Gasteiger partial charge on any atom is 0.137 e. The van der Waals surface area contributed by atoms with Crippen LogP contribution in [0, 0.1) is 0 Å². The van der Waals surface area contributed by atoms with Crippen LogP contribution in [0.1, 0.15) is 24.4 Å². The molecule has 0 aromatic carbocycles. The molecule has 2 aromatic rings. The summed E-state index contributed by atoms with van der Waals surface area (Å²) >= 11 is 0. The summed E-state index contributed by atoms with van der Waals surface area (Å²) in [4.78, 5) is 7.50. The fourth-order valence-electron chi connectivity index (χ4n) is 2.12. The zero-order valence-electron chi connectivity index (χ0n) is 7.96. The lowest BCUT2D eigenvalue weighted by Gasteiger charge is -2.09. The molecule has 1 aliphatic heterocycles. The van der Waals surface area contributed by atoms with Crippen LogP contribution in [0.25, 0.3) is 11.0 Å². The predicted octanol–water partition coefficient (Wildman–Crippen LogP) is 1.99. The number of rotatable bonds is 1. The SMILES string of the molecule is c1cc2cc([C@@H]3CCCN3)cnc2[nH]1. The van der Waals surface area contributed by atoms with E-state index >= 15 is 0 Å². The summed E-state index contributed by atoms with van der Waals surface area (Å²) in [5, 5.41) is 4.68. The molecule has 3 rings (SSSR count). The molecule has 2 N–H and O–H groups in total. The van der Waals surface area contributed by atoms with Crippen LogP contribution >= 0.6 is 0 Å². The van der Waals surface area contributed by atoms with Crippen molar-refractivity contribution >= 4 is 11.0 Å². The number of H-pyrrole nitrogens is 1. The van der Waals surface area contributed by atoms with Crippen LogP contribution in [0.15, 0.2) is 24.5 Å². The Labute approximate surface area is 82.5 Å². The molecule has 1 saturated heterocycles. The number of nitrogens with one attached hydrogen (secondary N) is 2. The molecule has 3 heterocycles. The van der Waals surface area contributed by atoms with Crippen molar-refractivity contribution in [2.75, 3.05) is 6.54 Å². The normalized spacial score (nSPS) is 21.9. The maximum atomic E-state index is 4.39. The molecule has 0 aliphatic carbocycles. The number of fused-ring (bicyclic) bond motifs is 1. The van der Waals surface area contributed by atoms with E-state index in [1.165, 1.54) is 23.8 Å². The monoisotopic (exact) mass is 187 g/mol. The molecule has 3 nitrogen and oxygen atoms in total. The highest BCUT2D eigenvalue weighted by Crippen LogP contribution is 2.24. The molecule has 14 heavy (non-hydrogen) atoms. The highest BCUT2D eigenvalue weighted by Gasteiger charge is 2.16. The highest BCUT2D eigenvalue weighted by atomic mass is 14.9. The number of hydrogen-bond acceptors (Lipinski definition) is 2. The summed E-state index contributed by atoms with van der Waals surface area (Å²) in [7, 11) is 0. The van der Waals surface area contributed by atoms with Crippen molar-refractivity contribution < 1.29 is 0 Å². The van der Waals surface area contributed by atoms with Crippen molar-refractivity contribution in [3.05, 3.63) is 30.1 Å². The Hall–Kier alpha value is -1.35. The lowest BCUT2D eigenvalue weighted by molar-refractivity contribution is 0.646. The molecule has 1 atom stereocenters. The van der Waals surface area contributed by atoms with Crippen LogP contribution in [0.5, 0.6) is 0 Å². The van der Waals surface area contributed by atoms with E-state index in [9.17, 15) is 0 Å². The molecular weight excluding hydrogens is 174 g/mol. The van der Waals surface area contributed by atoms with Gasteiger partial charge in [0.15, 0.2) is 0 Å². The average molecular weight is 187 g/mol. The minimum Gasteiger partial charge on any atom is -0.346 e. The Morgan fingerprint density at radius 1 is 1.43 bits per heavy atom. The summed E-state index contributed by atoms with van der Waals surface area (Å²) in [5.41, 5.74) is 2.29. The van der Waals surface area contributed by atoms with E-state index in [0.717, 1.165) is 12.2 Å². The summed E-state index contributed by atoms with van der Waals surface area (Å²) in [6, 6.07) is 4.81. The Bertz CT molecular complexity index is 440. The van der Waals surface area contributed by atoms with Crippen molar-refractivity contribution in [1.82, 2.24) is 15.3 Å². The fourth-order valence-corrected chi connectivity index (χ4v) is 2.12. The summed E-state index contributed by atoms with van der Waals surface area (Å²) in [6.45, 7) is 1.13. The van der Waals surface area contributed by atoms with Gasteiger partial charge in [-0.2, -0.15) is 0 Å². The van der Waals surface area contributed by atoms with Crippen LogP contribution in [-0.4, -0.2) is 16.5 Å². The first-order chi connectivity index (χ1) is 6.93. The van der Waals surface area contributed by atoms with E-state index < -0.39 is 0 Å². The standard InChI is InChI=1S/C11H13N3/c1-2-10(12-4-1)9-6-8-3-5-13-11(8)14-7-9/h3,5-7,10,12H,1-2,4H2,(H,13,14)/t10-/m0/s1. The maximum absolute atomic E-state index is 4.39. The van der Waals surface area contributed by atoms with Gasteiger partial charge >= 0.3 is 0 Å². The smallest absolute Gasteiger partial charge is 0.137 e. The quantitative estimate of drug-likeness (QED) is 0.716. The minimum atomic E-state index is 0.516. The Kier molecular flexibility index (Phi) is 1.77. The van der Waals surface area contributed by atoms with Crippen LogP contribution in [0.4, 0.5) is 0 Å². The summed E-state index contributed by atoms with van der Waals surface area (Å²) < 4.78 is 0. The molecule has 3 heteroatoms. The first-order valence-electron chi connectivity index (χ1n) is 5.10. The molecule has 1 aliphatic rings. The molecule has 0 spiro atoms. The third kappa shape index (κ3) is 1.21. The molecule has 0 radical (unpaired) electrons. The highest BCUT2D eigenvalue weighted by molar-refractivity contribution is 5.75. The topological polar surface area (TPSA) is 40.7 Å². The first-order valence-corrected chi connectivity index (χ1v) is 5.10. The van der Waals surface area contributed by atoms with Gasteiger partial charge in [0.2, 0.25) is 0 Å². The lowest BCUT2D eigenvalue weighted by atomic mass is 10.1. The fraction of sp³-hybridized carbons (Fsp3) is 0.364. The molecule has 72 valence electrons. The lowest BCUT2D eigenvalue weighted by Crippen LogP contribution is -2.12. The molecule has 1 fully saturated rings. The van der Waals surface area contributed by atoms with E-state index in [-0.39, 0.29) is 0 Å². The third-order valence-electron chi connectivity index (χ3n) is 2.88. The van der Waals surface area contributed by atoms with Gasteiger partial charge in [-0.3, -0.25) is 0 Å². The van der Waals surface area contributed by atoms with Crippen LogP contribution in [0.3, 0.4) is 0 Å². The van der Waals surface area contributed by atoms with Gasteiger partial charge in [-0.15, -0.1) is 0 Å². The molecular formula is C11H13N3. The van der Waals surface area contributed by atoms with Crippen molar-refractivity contribution in [1.29, 1.82) is 0 Å². The second kappa shape index (κ2) is 3.10. The predicted molar refractivity (Wildman–Crippen MR) is 56.1 cm³/mol. The van der Waals surface area contributed by atoms with Gasteiger partial charge in [-0.1, -0.05) is 0 Å². The molecule has 0 amide bonds. The van der Waals surface area contributed by atoms with Gasteiger partial charge in [0.1, 0.15) is 5.65 Å². The van der Waals surface area contributed by atoms with Crippen molar-refractivity contribution in [2.24, 2.45) is 0 Å². The van der Waals surface area contributed by atoms with Gasteiger partial charge in [-0.05, 0) is 37.1 Å². The number of aromatic nitrogens is 2. The second-order valence-electron chi connectivity index (χ2n) is 3.83. The van der Waals surface area contributed by atoms with Gasteiger partial charge in [-0.25, -0.2) is 4.98 Å². The Balaban J connectivity index is 2.04. The van der Waals surface area contributed by atoms with E-state index in [1.807, 2.05) is 12.4 Å². The van der Waals surface area contributed by atoms with Crippen molar-refractivity contribution in [3.8, 4) is 0 Å². The Morgan fingerprint density at radius 3 is 3.29 bits per heavy atom. The third-order valence-corrected chi connectivity index (χ3v) is 2.88. The second-order valence-corrected chi connectivity index (χ2v) is 3.83. The molecule has 0 unspecified atom stereocenters. The summed E-state index contributed by atoms with van der Waals surface area (Å²) in [6.07, 6.45) is 6.42. The van der Waals surface area contributed by atoms with Crippen LogP contribution in [-0.2, 0) is 0 Å². The van der Waals surface area contributed by atoms with Crippen LogP contribution < -0.4 is 5.32 Å².